The van der Waals surface area contributed by atoms with Gasteiger partial charge in [-0.05, 0) is 42.8 Å². The number of nitrogens with one attached hydrogen (secondary N) is 1. The summed E-state index contributed by atoms with van der Waals surface area (Å²) in [6.45, 7) is 1.58. The largest absolute Gasteiger partial charge is 0.350 e. The van der Waals surface area contributed by atoms with Gasteiger partial charge in [-0.1, -0.05) is 41.4 Å². The Labute approximate surface area is 173 Å². The first-order chi connectivity index (χ1) is 13.8. The molecule has 5 nitrogen and oxygen atoms in total. The molecule has 8 heteroatoms. The fourth-order valence-corrected chi connectivity index (χ4v) is 4.75. The van der Waals surface area contributed by atoms with Crippen molar-refractivity contribution >= 4 is 27.3 Å². The quantitative estimate of drug-likeness (QED) is 0.635. The van der Waals surface area contributed by atoms with Gasteiger partial charge in [0.25, 0.3) is 5.91 Å². The first kappa shape index (κ1) is 21.0. The van der Waals surface area contributed by atoms with Crippen LogP contribution in [0.3, 0.4) is 0 Å². The highest BCUT2D eigenvalue weighted by molar-refractivity contribution is 7.91. The second-order valence-corrected chi connectivity index (χ2v) is 8.98. The van der Waals surface area contributed by atoms with E-state index in [2.05, 4.69) is 10.3 Å². The Morgan fingerprint density at radius 1 is 1.14 bits per heavy atom. The van der Waals surface area contributed by atoms with Crippen LogP contribution in [0.4, 0.5) is 4.39 Å². The Balaban J connectivity index is 1.93. The van der Waals surface area contributed by atoms with Gasteiger partial charge < -0.3 is 5.32 Å². The van der Waals surface area contributed by atoms with Crippen molar-refractivity contribution in [3.05, 3.63) is 94.5 Å². The van der Waals surface area contributed by atoms with E-state index < -0.39 is 26.8 Å². The molecule has 3 aromatic rings. The van der Waals surface area contributed by atoms with Crippen molar-refractivity contribution in [2.75, 3.05) is 6.54 Å². The summed E-state index contributed by atoms with van der Waals surface area (Å²) >= 11 is 5.93. The molecule has 1 N–H and O–H groups in total. The van der Waals surface area contributed by atoms with E-state index in [9.17, 15) is 17.6 Å². The maximum absolute atomic E-state index is 14.0. The minimum atomic E-state index is -3.85. The Kier molecular flexibility index (Phi) is 6.30. The van der Waals surface area contributed by atoms with E-state index >= 15 is 0 Å². The zero-order valence-corrected chi connectivity index (χ0v) is 17.0. The summed E-state index contributed by atoms with van der Waals surface area (Å²) in [5, 5.41) is 1.34. The van der Waals surface area contributed by atoms with Crippen molar-refractivity contribution in [3.63, 3.8) is 0 Å². The number of nitrogens with zero attached hydrogens (tertiary/aromatic N) is 1. The predicted molar refractivity (Wildman–Crippen MR) is 109 cm³/mol. The van der Waals surface area contributed by atoms with Gasteiger partial charge in [0.1, 0.15) is 11.1 Å². The lowest BCUT2D eigenvalue weighted by atomic mass is 10.1. The van der Waals surface area contributed by atoms with Crippen molar-refractivity contribution in [3.8, 4) is 0 Å². The molecule has 0 aliphatic carbocycles. The minimum absolute atomic E-state index is 0.0539. The molecular formula is C21H18ClFN2O3S. The number of sulfone groups is 1. The number of hydrogen-bond acceptors (Lipinski definition) is 4. The van der Waals surface area contributed by atoms with Crippen LogP contribution in [0.2, 0.25) is 5.02 Å². The van der Waals surface area contributed by atoms with Crippen LogP contribution in [-0.2, 0) is 9.84 Å². The lowest BCUT2D eigenvalue weighted by Gasteiger charge is -2.19. The number of aryl methyl sites for hydroxylation is 1. The minimum Gasteiger partial charge on any atom is -0.350 e. The first-order valence-corrected chi connectivity index (χ1v) is 10.7. The summed E-state index contributed by atoms with van der Waals surface area (Å²) in [4.78, 5) is 16.6. The molecule has 0 spiro atoms. The van der Waals surface area contributed by atoms with E-state index in [4.69, 9.17) is 11.6 Å². The molecule has 0 aliphatic rings. The lowest BCUT2D eigenvalue weighted by molar-refractivity contribution is 0.0950. The topological polar surface area (TPSA) is 76.1 Å². The molecule has 0 saturated heterocycles. The Hall–Kier alpha value is -2.77. The normalized spacial score (nSPS) is 12.4. The van der Waals surface area contributed by atoms with Crippen LogP contribution in [0.15, 0.2) is 71.9 Å². The van der Waals surface area contributed by atoms with E-state index in [-0.39, 0.29) is 22.0 Å². The molecule has 3 rings (SSSR count). The number of aromatic nitrogens is 1. The molecule has 0 bridgehead atoms. The third kappa shape index (κ3) is 4.63. The molecule has 0 saturated carbocycles. The third-order valence-corrected chi connectivity index (χ3v) is 6.85. The zero-order chi connectivity index (χ0) is 21.0. The lowest BCUT2D eigenvalue weighted by Crippen LogP contribution is -2.32. The fourth-order valence-electron chi connectivity index (χ4n) is 2.85. The summed E-state index contributed by atoms with van der Waals surface area (Å²) in [7, 11) is -3.85. The standard InChI is InChI=1S/C21H18ClFN2O3S/c1-14-7-9-16(10-8-14)29(27,28)19(15-4-3-11-24-12-15)13-25-21(26)20-17(22)5-2-6-18(20)23/h2-12,19H,13H2,1H3,(H,25,26)/t19-/m1/s1. The van der Waals surface area contributed by atoms with E-state index in [0.717, 1.165) is 11.6 Å². The van der Waals surface area contributed by atoms with E-state index in [0.29, 0.717) is 5.56 Å². The van der Waals surface area contributed by atoms with Gasteiger partial charge in [-0.15, -0.1) is 0 Å². The van der Waals surface area contributed by atoms with E-state index in [1.807, 2.05) is 6.92 Å². The Morgan fingerprint density at radius 3 is 2.48 bits per heavy atom. The maximum atomic E-state index is 14.0. The summed E-state index contributed by atoms with van der Waals surface area (Å²) in [6.07, 6.45) is 2.95. The van der Waals surface area contributed by atoms with Gasteiger partial charge in [0.2, 0.25) is 0 Å². The van der Waals surface area contributed by atoms with Crippen molar-refractivity contribution < 1.29 is 17.6 Å². The van der Waals surface area contributed by atoms with Crippen molar-refractivity contribution in [2.45, 2.75) is 17.1 Å². The molecule has 1 heterocycles. The highest BCUT2D eigenvalue weighted by atomic mass is 35.5. The summed E-state index contributed by atoms with van der Waals surface area (Å²) < 4.78 is 40.5. The molecule has 0 aliphatic heterocycles. The Bertz CT molecular complexity index is 1100. The number of carbonyl (C=O) groups excluding carboxylic acids is 1. The van der Waals surface area contributed by atoms with Crippen LogP contribution in [0.1, 0.15) is 26.7 Å². The van der Waals surface area contributed by atoms with Crippen LogP contribution >= 0.6 is 11.6 Å². The maximum Gasteiger partial charge on any atom is 0.255 e. The summed E-state index contributed by atoms with van der Waals surface area (Å²) in [6, 6.07) is 13.6. The number of benzene rings is 2. The van der Waals surface area contributed by atoms with E-state index in [1.54, 1.807) is 24.3 Å². The van der Waals surface area contributed by atoms with Crippen LogP contribution in [0, 0.1) is 12.7 Å². The van der Waals surface area contributed by atoms with Crippen LogP contribution < -0.4 is 5.32 Å². The van der Waals surface area contributed by atoms with Gasteiger partial charge in [-0.3, -0.25) is 9.78 Å². The van der Waals surface area contributed by atoms with Gasteiger partial charge in [0.15, 0.2) is 9.84 Å². The summed E-state index contributed by atoms with van der Waals surface area (Å²) in [5.41, 5.74) is 1.00. The zero-order valence-electron chi connectivity index (χ0n) is 15.5. The van der Waals surface area contributed by atoms with Gasteiger partial charge in [-0.25, -0.2) is 12.8 Å². The molecular weight excluding hydrogens is 415 g/mol. The molecule has 1 atom stereocenters. The number of carbonyl (C=O) groups is 1. The van der Waals surface area contributed by atoms with Crippen LogP contribution in [0.5, 0.6) is 0 Å². The monoisotopic (exact) mass is 432 g/mol. The van der Waals surface area contributed by atoms with Gasteiger partial charge in [-0.2, -0.15) is 0 Å². The van der Waals surface area contributed by atoms with Crippen molar-refractivity contribution in [1.29, 1.82) is 0 Å². The molecule has 150 valence electrons. The molecule has 0 radical (unpaired) electrons. The molecule has 1 amide bonds. The van der Waals surface area contributed by atoms with Gasteiger partial charge in [0, 0.05) is 18.9 Å². The van der Waals surface area contributed by atoms with Crippen LogP contribution in [0.25, 0.3) is 0 Å². The highest BCUT2D eigenvalue weighted by Crippen LogP contribution is 2.28. The van der Waals surface area contributed by atoms with Crippen LogP contribution in [-0.4, -0.2) is 25.9 Å². The summed E-state index contributed by atoms with van der Waals surface area (Å²) in [5.74, 6) is -1.57. The molecule has 29 heavy (non-hydrogen) atoms. The third-order valence-electron chi connectivity index (χ3n) is 4.42. The van der Waals surface area contributed by atoms with Crippen molar-refractivity contribution in [2.24, 2.45) is 0 Å². The molecule has 0 fully saturated rings. The second-order valence-electron chi connectivity index (χ2n) is 6.44. The highest BCUT2D eigenvalue weighted by Gasteiger charge is 2.30. The fraction of sp³-hybridized carbons (Fsp3) is 0.143. The number of halogens is 2. The number of pyridine rings is 1. The SMILES string of the molecule is Cc1ccc(S(=O)(=O)[C@H](CNC(=O)c2c(F)cccc2Cl)c2cccnc2)cc1. The Morgan fingerprint density at radius 2 is 1.86 bits per heavy atom. The van der Waals surface area contributed by atoms with E-state index in [1.165, 1.54) is 36.7 Å². The number of rotatable bonds is 6. The average Bonchev–Trinajstić information content (AvgIpc) is 2.69. The van der Waals surface area contributed by atoms with Gasteiger partial charge >= 0.3 is 0 Å². The second kappa shape index (κ2) is 8.71. The number of hydrogen-bond donors (Lipinski definition) is 1. The van der Waals surface area contributed by atoms with Gasteiger partial charge in [0.05, 0.1) is 15.5 Å². The molecule has 0 unspecified atom stereocenters. The smallest absolute Gasteiger partial charge is 0.255 e. The molecule has 1 aromatic heterocycles. The predicted octanol–water partition coefficient (Wildman–Crippen LogP) is 4.13. The van der Waals surface area contributed by atoms with Crippen molar-refractivity contribution in [1.82, 2.24) is 10.3 Å². The first-order valence-electron chi connectivity index (χ1n) is 8.73. The molecule has 2 aromatic carbocycles. The average molecular weight is 433 g/mol. The number of amides is 1.